The smallest absolute Gasteiger partial charge is 0.251 e. The predicted octanol–water partition coefficient (Wildman–Crippen LogP) is 2.27. The van der Waals surface area contributed by atoms with Crippen LogP contribution < -0.4 is 16.6 Å². The van der Waals surface area contributed by atoms with Crippen LogP contribution in [0, 0.1) is 6.92 Å². The molecule has 0 radical (unpaired) electrons. The SMILES string of the molecule is Cc1cc(NN)ccc1C(=O)NCc1ccsc1. The average molecular weight is 261 g/mol. The van der Waals surface area contributed by atoms with Crippen LogP contribution >= 0.6 is 11.3 Å². The van der Waals surface area contributed by atoms with Crippen molar-refractivity contribution in [3.63, 3.8) is 0 Å². The van der Waals surface area contributed by atoms with Gasteiger partial charge in [0.15, 0.2) is 0 Å². The second-order valence-corrected chi connectivity index (χ2v) is 4.77. The van der Waals surface area contributed by atoms with Gasteiger partial charge in [-0.05, 0) is 53.1 Å². The highest BCUT2D eigenvalue weighted by molar-refractivity contribution is 7.07. The molecule has 0 unspecified atom stereocenters. The summed E-state index contributed by atoms with van der Waals surface area (Å²) >= 11 is 1.62. The molecule has 2 aromatic rings. The third-order valence-corrected chi connectivity index (χ3v) is 3.40. The number of hydrogen-bond donors (Lipinski definition) is 3. The molecule has 0 atom stereocenters. The van der Waals surface area contributed by atoms with Crippen molar-refractivity contribution in [2.75, 3.05) is 5.43 Å². The topological polar surface area (TPSA) is 67.1 Å². The molecule has 1 heterocycles. The normalized spacial score (nSPS) is 10.1. The number of amides is 1. The fourth-order valence-corrected chi connectivity index (χ4v) is 2.35. The molecule has 0 spiro atoms. The number of benzene rings is 1. The van der Waals surface area contributed by atoms with E-state index in [0.29, 0.717) is 12.1 Å². The maximum atomic E-state index is 12.0. The number of nitrogens with one attached hydrogen (secondary N) is 2. The molecule has 18 heavy (non-hydrogen) atoms. The van der Waals surface area contributed by atoms with E-state index in [4.69, 9.17) is 5.84 Å². The number of nitrogen functional groups attached to an aromatic ring is 1. The number of thiophene rings is 1. The molecule has 0 fully saturated rings. The Bertz CT molecular complexity index is 537. The van der Waals surface area contributed by atoms with Gasteiger partial charge in [0.1, 0.15) is 0 Å². The van der Waals surface area contributed by atoms with Crippen molar-refractivity contribution in [2.24, 2.45) is 5.84 Å². The van der Waals surface area contributed by atoms with Crippen molar-refractivity contribution in [3.8, 4) is 0 Å². The first-order valence-corrected chi connectivity index (χ1v) is 6.51. The van der Waals surface area contributed by atoms with Gasteiger partial charge >= 0.3 is 0 Å². The number of carbonyl (C=O) groups is 1. The number of carbonyl (C=O) groups excluding carboxylic acids is 1. The highest BCUT2D eigenvalue weighted by Crippen LogP contribution is 2.14. The standard InChI is InChI=1S/C13H15N3OS/c1-9-6-11(16-14)2-3-12(9)13(17)15-7-10-4-5-18-8-10/h2-6,8,16H,7,14H2,1H3,(H,15,17). The Morgan fingerprint density at radius 2 is 2.22 bits per heavy atom. The first kappa shape index (κ1) is 12.6. The van der Waals surface area contributed by atoms with Gasteiger partial charge in [-0.15, -0.1) is 0 Å². The van der Waals surface area contributed by atoms with E-state index < -0.39 is 0 Å². The Balaban J connectivity index is 2.04. The van der Waals surface area contributed by atoms with Crippen LogP contribution in [0.2, 0.25) is 0 Å². The van der Waals surface area contributed by atoms with Crippen LogP contribution in [0.1, 0.15) is 21.5 Å². The fraction of sp³-hybridized carbons (Fsp3) is 0.154. The number of nitrogens with two attached hydrogens (primary N) is 1. The number of aryl methyl sites for hydroxylation is 1. The van der Waals surface area contributed by atoms with Crippen LogP contribution in [-0.4, -0.2) is 5.91 Å². The maximum absolute atomic E-state index is 12.0. The van der Waals surface area contributed by atoms with Crippen molar-refractivity contribution < 1.29 is 4.79 Å². The number of rotatable bonds is 4. The first-order valence-electron chi connectivity index (χ1n) is 5.57. The first-order chi connectivity index (χ1) is 8.70. The van der Waals surface area contributed by atoms with E-state index in [1.165, 1.54) is 0 Å². The highest BCUT2D eigenvalue weighted by Gasteiger charge is 2.08. The summed E-state index contributed by atoms with van der Waals surface area (Å²) in [6, 6.07) is 7.40. The van der Waals surface area contributed by atoms with Crippen LogP contribution in [0.25, 0.3) is 0 Å². The molecule has 0 saturated carbocycles. The van der Waals surface area contributed by atoms with Crippen LogP contribution in [0.15, 0.2) is 35.0 Å². The molecule has 2 rings (SSSR count). The van der Waals surface area contributed by atoms with E-state index in [1.54, 1.807) is 23.5 Å². The summed E-state index contributed by atoms with van der Waals surface area (Å²) in [5.74, 6) is 5.25. The lowest BCUT2D eigenvalue weighted by molar-refractivity contribution is 0.0950. The third-order valence-electron chi connectivity index (χ3n) is 2.67. The number of hydrazine groups is 1. The molecule has 0 bridgehead atoms. The van der Waals surface area contributed by atoms with E-state index in [-0.39, 0.29) is 5.91 Å². The molecule has 1 aromatic carbocycles. The van der Waals surface area contributed by atoms with Crippen molar-refractivity contribution in [2.45, 2.75) is 13.5 Å². The molecule has 0 aliphatic heterocycles. The van der Waals surface area contributed by atoms with E-state index in [0.717, 1.165) is 16.8 Å². The maximum Gasteiger partial charge on any atom is 0.251 e. The Morgan fingerprint density at radius 1 is 1.39 bits per heavy atom. The molecule has 4 N–H and O–H groups in total. The van der Waals surface area contributed by atoms with Gasteiger partial charge in [0.05, 0.1) is 0 Å². The summed E-state index contributed by atoms with van der Waals surface area (Å²) in [6.07, 6.45) is 0. The summed E-state index contributed by atoms with van der Waals surface area (Å²) in [7, 11) is 0. The second kappa shape index (κ2) is 5.66. The average Bonchev–Trinajstić information content (AvgIpc) is 2.88. The van der Waals surface area contributed by atoms with Gasteiger partial charge in [0.2, 0.25) is 0 Å². The fourth-order valence-electron chi connectivity index (χ4n) is 1.68. The highest BCUT2D eigenvalue weighted by atomic mass is 32.1. The molecule has 0 aliphatic rings. The van der Waals surface area contributed by atoms with Crippen LogP contribution in [-0.2, 0) is 6.54 Å². The molecular weight excluding hydrogens is 246 g/mol. The Kier molecular flexibility index (Phi) is 3.96. The second-order valence-electron chi connectivity index (χ2n) is 3.99. The molecule has 5 heteroatoms. The molecule has 94 valence electrons. The van der Waals surface area contributed by atoms with Crippen LogP contribution in [0.4, 0.5) is 5.69 Å². The van der Waals surface area contributed by atoms with Gasteiger partial charge in [0, 0.05) is 17.8 Å². The zero-order valence-corrected chi connectivity index (χ0v) is 10.9. The molecule has 0 aliphatic carbocycles. The largest absolute Gasteiger partial charge is 0.348 e. The quantitative estimate of drug-likeness (QED) is 0.584. The van der Waals surface area contributed by atoms with E-state index in [2.05, 4.69) is 10.7 Å². The third kappa shape index (κ3) is 2.88. The summed E-state index contributed by atoms with van der Waals surface area (Å²) in [5.41, 5.74) is 6.04. The van der Waals surface area contributed by atoms with E-state index in [1.807, 2.05) is 29.8 Å². The van der Waals surface area contributed by atoms with Gasteiger partial charge in [-0.2, -0.15) is 11.3 Å². The van der Waals surface area contributed by atoms with E-state index in [9.17, 15) is 4.79 Å². The zero-order valence-electron chi connectivity index (χ0n) is 10.1. The van der Waals surface area contributed by atoms with Gasteiger partial charge in [0.25, 0.3) is 5.91 Å². The minimum Gasteiger partial charge on any atom is -0.348 e. The minimum absolute atomic E-state index is 0.0673. The van der Waals surface area contributed by atoms with Gasteiger partial charge < -0.3 is 10.7 Å². The van der Waals surface area contributed by atoms with Gasteiger partial charge in [-0.25, -0.2) is 0 Å². The van der Waals surface area contributed by atoms with Crippen molar-refractivity contribution >= 4 is 22.9 Å². The van der Waals surface area contributed by atoms with Crippen molar-refractivity contribution in [3.05, 3.63) is 51.7 Å². The molecule has 4 nitrogen and oxygen atoms in total. The minimum atomic E-state index is -0.0673. The summed E-state index contributed by atoms with van der Waals surface area (Å²) < 4.78 is 0. The lowest BCUT2D eigenvalue weighted by Gasteiger charge is -2.08. The number of hydrogen-bond acceptors (Lipinski definition) is 4. The van der Waals surface area contributed by atoms with Crippen LogP contribution in [0.5, 0.6) is 0 Å². The Labute approximate surface area is 110 Å². The van der Waals surface area contributed by atoms with Crippen LogP contribution in [0.3, 0.4) is 0 Å². The summed E-state index contributed by atoms with van der Waals surface area (Å²) in [5, 5.41) is 6.91. The number of anilines is 1. The molecule has 1 amide bonds. The van der Waals surface area contributed by atoms with Crippen molar-refractivity contribution in [1.82, 2.24) is 5.32 Å². The van der Waals surface area contributed by atoms with E-state index >= 15 is 0 Å². The molecule has 0 saturated heterocycles. The summed E-state index contributed by atoms with van der Waals surface area (Å²) in [6.45, 7) is 2.44. The predicted molar refractivity (Wildman–Crippen MR) is 74.5 cm³/mol. The molecule has 1 aromatic heterocycles. The Hall–Kier alpha value is -1.85. The molecular formula is C13H15N3OS. The van der Waals surface area contributed by atoms with Gasteiger partial charge in [-0.3, -0.25) is 10.6 Å². The van der Waals surface area contributed by atoms with Gasteiger partial charge in [-0.1, -0.05) is 0 Å². The Morgan fingerprint density at radius 3 is 2.83 bits per heavy atom. The van der Waals surface area contributed by atoms with Crippen molar-refractivity contribution in [1.29, 1.82) is 0 Å². The summed E-state index contributed by atoms with van der Waals surface area (Å²) in [4.78, 5) is 12.0. The lowest BCUT2D eigenvalue weighted by atomic mass is 10.1. The zero-order chi connectivity index (χ0) is 13.0. The lowest BCUT2D eigenvalue weighted by Crippen LogP contribution is -2.23. The monoisotopic (exact) mass is 261 g/mol.